The van der Waals surface area contributed by atoms with Gasteiger partial charge in [0, 0.05) is 11.8 Å². The van der Waals surface area contributed by atoms with Crippen molar-refractivity contribution in [2.45, 2.75) is 13.5 Å². The third kappa shape index (κ3) is 3.37. The highest BCUT2D eigenvalue weighted by Crippen LogP contribution is 2.24. The summed E-state index contributed by atoms with van der Waals surface area (Å²) in [6.07, 6.45) is 1.60. The predicted molar refractivity (Wildman–Crippen MR) is 112 cm³/mol. The normalized spacial score (nSPS) is 11.2. The Morgan fingerprint density at radius 1 is 1.12 bits per heavy atom. The van der Waals surface area contributed by atoms with Crippen LogP contribution in [0.25, 0.3) is 28.5 Å². The van der Waals surface area contributed by atoms with Gasteiger partial charge in [-0.05, 0) is 31.2 Å². The molecule has 0 bridgehead atoms. The van der Waals surface area contributed by atoms with E-state index < -0.39 is 5.97 Å². The van der Waals surface area contributed by atoms with Crippen molar-refractivity contribution in [3.8, 4) is 22.8 Å². The number of benzene rings is 1. The lowest BCUT2D eigenvalue weighted by Crippen LogP contribution is -2.21. The van der Waals surface area contributed by atoms with Crippen LogP contribution in [0.15, 0.2) is 68.5 Å². The van der Waals surface area contributed by atoms with Crippen LogP contribution in [0.1, 0.15) is 21.9 Å². The SMILES string of the molecule is COC(=O)c1ccc(Cn2nc3c(-c4nc(-c5ccc(C)cc5)no4)cccn3c2=O)o1. The van der Waals surface area contributed by atoms with Gasteiger partial charge in [0.25, 0.3) is 5.89 Å². The Morgan fingerprint density at radius 2 is 1.94 bits per heavy atom. The first-order valence-electron chi connectivity index (χ1n) is 9.70. The minimum Gasteiger partial charge on any atom is -0.463 e. The van der Waals surface area contributed by atoms with Crippen LogP contribution in [0.4, 0.5) is 0 Å². The number of aryl methyl sites for hydroxylation is 1. The molecule has 0 saturated carbocycles. The number of rotatable bonds is 5. The highest BCUT2D eigenvalue weighted by Gasteiger charge is 2.19. The number of furan rings is 1. The Morgan fingerprint density at radius 3 is 2.72 bits per heavy atom. The van der Waals surface area contributed by atoms with E-state index in [0.29, 0.717) is 22.8 Å². The molecule has 1 aromatic carbocycles. The van der Waals surface area contributed by atoms with Crippen LogP contribution in [-0.4, -0.2) is 37.4 Å². The second kappa shape index (κ2) is 7.65. The summed E-state index contributed by atoms with van der Waals surface area (Å²) < 4.78 is 18.1. The number of pyridine rings is 1. The van der Waals surface area contributed by atoms with E-state index in [-0.39, 0.29) is 23.9 Å². The lowest BCUT2D eigenvalue weighted by atomic mass is 10.1. The maximum absolute atomic E-state index is 12.8. The molecule has 0 amide bonds. The van der Waals surface area contributed by atoms with Gasteiger partial charge >= 0.3 is 11.7 Å². The molecule has 10 nitrogen and oxygen atoms in total. The maximum atomic E-state index is 12.8. The molecular formula is C22H17N5O5. The van der Waals surface area contributed by atoms with Crippen LogP contribution in [-0.2, 0) is 11.3 Å². The average Bonchev–Trinajstić information content (AvgIpc) is 3.54. The zero-order valence-electron chi connectivity index (χ0n) is 17.2. The van der Waals surface area contributed by atoms with Crippen molar-refractivity contribution in [3.63, 3.8) is 0 Å². The molecule has 0 aliphatic rings. The number of methoxy groups -OCH3 is 1. The van der Waals surface area contributed by atoms with Crippen molar-refractivity contribution in [3.05, 3.63) is 82.3 Å². The first-order chi connectivity index (χ1) is 15.5. The zero-order chi connectivity index (χ0) is 22.2. The van der Waals surface area contributed by atoms with E-state index in [4.69, 9.17) is 8.94 Å². The van der Waals surface area contributed by atoms with Gasteiger partial charge in [0.05, 0.1) is 12.7 Å². The minimum absolute atomic E-state index is 0.0371. The first kappa shape index (κ1) is 19.5. The smallest absolute Gasteiger partial charge is 0.373 e. The fourth-order valence-electron chi connectivity index (χ4n) is 3.28. The number of nitrogens with zero attached hydrogens (tertiary/aromatic N) is 5. The van der Waals surface area contributed by atoms with Crippen molar-refractivity contribution < 1.29 is 18.5 Å². The summed E-state index contributed by atoms with van der Waals surface area (Å²) in [6.45, 7) is 2.04. The molecule has 0 spiro atoms. The van der Waals surface area contributed by atoms with E-state index in [0.717, 1.165) is 11.1 Å². The first-order valence-corrected chi connectivity index (χ1v) is 9.70. The Kier molecular flexibility index (Phi) is 4.66. The van der Waals surface area contributed by atoms with Crippen molar-refractivity contribution in [2.24, 2.45) is 0 Å². The lowest BCUT2D eigenvalue weighted by molar-refractivity contribution is 0.0562. The van der Waals surface area contributed by atoms with Gasteiger partial charge in [-0.2, -0.15) is 4.98 Å². The maximum Gasteiger partial charge on any atom is 0.373 e. The van der Waals surface area contributed by atoms with Gasteiger partial charge in [0.1, 0.15) is 12.3 Å². The highest BCUT2D eigenvalue weighted by atomic mass is 16.5. The molecule has 4 heterocycles. The van der Waals surface area contributed by atoms with E-state index in [2.05, 4.69) is 20.0 Å². The molecular weight excluding hydrogens is 414 g/mol. The number of hydrogen-bond acceptors (Lipinski definition) is 8. The van der Waals surface area contributed by atoms with Crippen LogP contribution in [0.2, 0.25) is 0 Å². The van der Waals surface area contributed by atoms with Gasteiger partial charge in [-0.15, -0.1) is 5.10 Å². The number of ether oxygens (including phenoxy) is 1. The van der Waals surface area contributed by atoms with E-state index in [9.17, 15) is 9.59 Å². The zero-order valence-corrected chi connectivity index (χ0v) is 17.2. The number of esters is 1. The third-order valence-corrected chi connectivity index (χ3v) is 4.93. The number of hydrogen-bond donors (Lipinski definition) is 0. The summed E-state index contributed by atoms with van der Waals surface area (Å²) in [4.78, 5) is 28.9. The molecule has 5 aromatic rings. The fourth-order valence-corrected chi connectivity index (χ4v) is 3.28. The number of fused-ring (bicyclic) bond motifs is 1. The Balaban J connectivity index is 1.51. The average molecular weight is 431 g/mol. The van der Waals surface area contributed by atoms with Crippen LogP contribution >= 0.6 is 0 Å². The number of carbonyl (C=O) groups excluding carboxylic acids is 1. The van der Waals surface area contributed by atoms with Gasteiger partial charge in [-0.3, -0.25) is 0 Å². The molecule has 0 N–H and O–H groups in total. The summed E-state index contributed by atoms with van der Waals surface area (Å²) in [5.41, 5.74) is 2.44. The Labute approximate surface area is 180 Å². The largest absolute Gasteiger partial charge is 0.463 e. The quantitative estimate of drug-likeness (QED) is 0.390. The standard InChI is InChI=1S/C22H17N5O5/c1-13-5-7-14(8-6-13)18-23-20(32-25-18)16-4-3-11-26-19(16)24-27(22(26)29)12-15-9-10-17(31-15)21(28)30-2/h3-11H,12H2,1-2H3. The third-order valence-electron chi connectivity index (χ3n) is 4.93. The molecule has 32 heavy (non-hydrogen) atoms. The molecule has 0 aliphatic carbocycles. The van der Waals surface area contributed by atoms with E-state index >= 15 is 0 Å². The van der Waals surface area contributed by atoms with Crippen LogP contribution in [0.3, 0.4) is 0 Å². The van der Waals surface area contributed by atoms with Gasteiger partial charge in [0.15, 0.2) is 5.65 Å². The summed E-state index contributed by atoms with van der Waals surface area (Å²) in [5.74, 6) is 0.525. The van der Waals surface area contributed by atoms with Crippen LogP contribution < -0.4 is 5.69 Å². The van der Waals surface area contributed by atoms with Gasteiger partial charge < -0.3 is 13.7 Å². The van der Waals surface area contributed by atoms with E-state index in [1.54, 1.807) is 24.4 Å². The van der Waals surface area contributed by atoms with Gasteiger partial charge in [-0.1, -0.05) is 35.0 Å². The molecule has 160 valence electrons. The summed E-state index contributed by atoms with van der Waals surface area (Å²) in [7, 11) is 1.26. The lowest BCUT2D eigenvalue weighted by Gasteiger charge is -1.96. The van der Waals surface area contributed by atoms with E-state index in [1.165, 1.54) is 22.3 Å². The van der Waals surface area contributed by atoms with Gasteiger partial charge in [-0.25, -0.2) is 18.7 Å². The van der Waals surface area contributed by atoms with Crippen molar-refractivity contribution in [1.29, 1.82) is 0 Å². The summed E-state index contributed by atoms with van der Waals surface area (Å²) in [6, 6.07) is 14.3. The van der Waals surface area contributed by atoms with Crippen LogP contribution in [0.5, 0.6) is 0 Å². The van der Waals surface area contributed by atoms with Crippen molar-refractivity contribution in [1.82, 2.24) is 24.3 Å². The molecule has 0 radical (unpaired) electrons. The Bertz CT molecular complexity index is 1490. The predicted octanol–water partition coefficient (Wildman–Crippen LogP) is 2.95. The molecule has 0 unspecified atom stereocenters. The number of aromatic nitrogens is 5. The molecule has 4 aromatic heterocycles. The summed E-state index contributed by atoms with van der Waals surface area (Å²) in [5, 5.41) is 8.47. The van der Waals surface area contributed by atoms with Crippen LogP contribution in [0, 0.1) is 6.92 Å². The van der Waals surface area contributed by atoms with Crippen molar-refractivity contribution >= 4 is 11.6 Å². The fraction of sp³-hybridized carbons (Fsp3) is 0.136. The molecule has 0 fully saturated rings. The topological polar surface area (TPSA) is 118 Å². The second-order valence-corrected chi connectivity index (χ2v) is 7.10. The minimum atomic E-state index is -0.596. The second-order valence-electron chi connectivity index (χ2n) is 7.10. The molecule has 0 atom stereocenters. The number of carbonyl (C=O) groups is 1. The van der Waals surface area contributed by atoms with E-state index in [1.807, 2.05) is 31.2 Å². The highest BCUT2D eigenvalue weighted by molar-refractivity contribution is 5.86. The molecule has 10 heteroatoms. The van der Waals surface area contributed by atoms with Gasteiger partial charge in [0.2, 0.25) is 11.6 Å². The van der Waals surface area contributed by atoms with Crippen molar-refractivity contribution in [2.75, 3.05) is 7.11 Å². The molecule has 0 aliphatic heterocycles. The monoisotopic (exact) mass is 431 g/mol. The Hall–Kier alpha value is -4.47. The summed E-state index contributed by atoms with van der Waals surface area (Å²) >= 11 is 0. The molecule has 0 saturated heterocycles. The molecule has 5 rings (SSSR count).